The first-order valence-electron chi connectivity index (χ1n) is 8.58. The molecule has 1 aliphatic heterocycles. The summed E-state index contributed by atoms with van der Waals surface area (Å²) < 4.78 is 5.55. The van der Waals surface area contributed by atoms with Gasteiger partial charge in [0.1, 0.15) is 5.76 Å². The van der Waals surface area contributed by atoms with Crippen LogP contribution in [0.2, 0.25) is 0 Å². The van der Waals surface area contributed by atoms with Gasteiger partial charge in [-0.1, -0.05) is 18.7 Å². The first kappa shape index (κ1) is 16.4. The summed E-state index contributed by atoms with van der Waals surface area (Å²) in [5.74, 6) is 2.00. The summed E-state index contributed by atoms with van der Waals surface area (Å²) in [6.07, 6.45) is 9.45. The molecule has 6 nitrogen and oxygen atoms in total. The number of H-pyrrole nitrogens is 1. The Morgan fingerprint density at radius 3 is 2.96 bits per heavy atom. The van der Waals surface area contributed by atoms with E-state index in [1.54, 1.807) is 24.4 Å². The fourth-order valence-corrected chi connectivity index (χ4v) is 3.84. The highest BCUT2D eigenvalue weighted by Crippen LogP contribution is 2.34. The summed E-state index contributed by atoms with van der Waals surface area (Å²) in [4.78, 5) is 19.3. The van der Waals surface area contributed by atoms with Gasteiger partial charge < -0.3 is 9.40 Å². The van der Waals surface area contributed by atoms with Crippen LogP contribution in [0.25, 0.3) is 0 Å². The van der Waals surface area contributed by atoms with E-state index >= 15 is 0 Å². The number of fused-ring (bicyclic) bond motifs is 1. The lowest BCUT2D eigenvalue weighted by Gasteiger charge is -2.34. The number of nitrogens with one attached hydrogen (secondary N) is 1. The van der Waals surface area contributed by atoms with E-state index in [2.05, 4.69) is 31.8 Å². The largest absolute Gasteiger partial charge is 0.468 e. The van der Waals surface area contributed by atoms with Gasteiger partial charge in [0.25, 0.3) is 0 Å². The number of nitrogens with zero attached hydrogens (tertiary/aromatic N) is 4. The number of thioether (sulfide) groups is 1. The third-order valence-corrected chi connectivity index (χ3v) is 5.44. The van der Waals surface area contributed by atoms with Crippen LogP contribution in [0.3, 0.4) is 0 Å². The Balaban J connectivity index is 1.62. The quantitative estimate of drug-likeness (QED) is 0.539. The van der Waals surface area contributed by atoms with E-state index < -0.39 is 0 Å². The van der Waals surface area contributed by atoms with E-state index in [0.29, 0.717) is 0 Å². The molecular weight excluding hydrogens is 334 g/mol. The van der Waals surface area contributed by atoms with Crippen LogP contribution in [0.15, 0.2) is 46.7 Å². The van der Waals surface area contributed by atoms with E-state index in [9.17, 15) is 0 Å². The van der Waals surface area contributed by atoms with Gasteiger partial charge in [0, 0.05) is 42.4 Å². The molecule has 4 heterocycles. The number of hydrogen-bond donors (Lipinski definition) is 1. The van der Waals surface area contributed by atoms with Crippen molar-refractivity contribution in [2.75, 3.05) is 12.3 Å². The zero-order valence-electron chi connectivity index (χ0n) is 14.2. The van der Waals surface area contributed by atoms with Gasteiger partial charge in [0.2, 0.25) is 0 Å². The molecule has 0 saturated heterocycles. The molecular formula is C18H21N5OS. The van der Waals surface area contributed by atoms with Gasteiger partial charge in [0.15, 0.2) is 5.16 Å². The summed E-state index contributed by atoms with van der Waals surface area (Å²) >= 11 is 1.70. The average molecular weight is 355 g/mol. The van der Waals surface area contributed by atoms with Crippen LogP contribution in [0.5, 0.6) is 0 Å². The van der Waals surface area contributed by atoms with Crippen molar-refractivity contribution in [2.45, 2.75) is 37.5 Å². The Kier molecular flexibility index (Phi) is 4.85. The Bertz CT molecular complexity index is 799. The smallest absolute Gasteiger partial charge is 0.187 e. The van der Waals surface area contributed by atoms with Gasteiger partial charge in [0.05, 0.1) is 30.9 Å². The second-order valence-corrected chi connectivity index (χ2v) is 7.18. The van der Waals surface area contributed by atoms with Crippen molar-refractivity contribution in [2.24, 2.45) is 0 Å². The summed E-state index contributed by atoms with van der Waals surface area (Å²) in [5.41, 5.74) is 3.33. The lowest BCUT2D eigenvalue weighted by Crippen LogP contribution is -2.35. The molecule has 25 heavy (non-hydrogen) atoms. The van der Waals surface area contributed by atoms with Crippen molar-refractivity contribution in [3.05, 3.63) is 59.8 Å². The Morgan fingerprint density at radius 2 is 2.20 bits per heavy atom. The molecule has 0 amide bonds. The minimum Gasteiger partial charge on any atom is -0.468 e. The first-order chi connectivity index (χ1) is 12.3. The Morgan fingerprint density at radius 1 is 1.32 bits per heavy atom. The zero-order valence-corrected chi connectivity index (χ0v) is 15.0. The van der Waals surface area contributed by atoms with Gasteiger partial charge in [-0.3, -0.25) is 4.90 Å². The molecule has 7 heteroatoms. The molecule has 0 spiro atoms. The fourth-order valence-electron chi connectivity index (χ4n) is 3.20. The number of aromatic amines is 1. The minimum atomic E-state index is 0.0466. The molecule has 0 fully saturated rings. The summed E-state index contributed by atoms with van der Waals surface area (Å²) in [6.45, 7) is 3.85. The SMILES string of the molecule is CCCSc1ncc([C@@H]2c3nc[nH]c3CCN2Cc2ccco2)cn1. The van der Waals surface area contributed by atoms with E-state index in [-0.39, 0.29) is 6.04 Å². The van der Waals surface area contributed by atoms with Crippen LogP contribution in [0, 0.1) is 0 Å². The molecule has 130 valence electrons. The van der Waals surface area contributed by atoms with Crippen LogP contribution in [0.1, 0.15) is 42.1 Å². The fraction of sp³-hybridized carbons (Fsp3) is 0.389. The van der Waals surface area contributed by atoms with Crippen LogP contribution in [-0.4, -0.2) is 37.1 Å². The average Bonchev–Trinajstić information content (AvgIpc) is 3.32. The predicted octanol–water partition coefficient (Wildman–Crippen LogP) is 3.44. The van der Waals surface area contributed by atoms with Crippen LogP contribution >= 0.6 is 11.8 Å². The standard InChI is InChI=1S/C18H21N5OS/c1-2-8-25-18-19-9-13(10-20-18)17-16-15(21-12-22-16)5-6-23(17)11-14-4-3-7-24-14/h3-4,7,9-10,12,17H,2,5-6,8,11H2,1H3,(H,21,22)/t17-/m1/s1. The molecule has 3 aromatic heterocycles. The number of imidazole rings is 1. The zero-order chi connectivity index (χ0) is 17.1. The summed E-state index contributed by atoms with van der Waals surface area (Å²) in [7, 11) is 0. The van der Waals surface area contributed by atoms with Gasteiger partial charge >= 0.3 is 0 Å². The van der Waals surface area contributed by atoms with Gasteiger partial charge in [-0.05, 0) is 18.6 Å². The van der Waals surface area contributed by atoms with Crippen molar-refractivity contribution in [1.29, 1.82) is 0 Å². The molecule has 0 saturated carbocycles. The first-order valence-corrected chi connectivity index (χ1v) is 9.57. The van der Waals surface area contributed by atoms with E-state index in [1.807, 2.05) is 24.5 Å². The molecule has 1 atom stereocenters. The number of rotatable bonds is 6. The van der Waals surface area contributed by atoms with E-state index in [0.717, 1.165) is 53.9 Å². The number of furan rings is 1. The topological polar surface area (TPSA) is 70.8 Å². The second-order valence-electron chi connectivity index (χ2n) is 6.12. The third kappa shape index (κ3) is 3.48. The highest BCUT2D eigenvalue weighted by atomic mass is 32.2. The lowest BCUT2D eigenvalue weighted by molar-refractivity contribution is 0.184. The number of aromatic nitrogens is 4. The minimum absolute atomic E-state index is 0.0466. The molecule has 4 rings (SSSR count). The van der Waals surface area contributed by atoms with Crippen molar-refractivity contribution in [3.63, 3.8) is 0 Å². The summed E-state index contributed by atoms with van der Waals surface area (Å²) in [5, 5.41) is 0.834. The maximum atomic E-state index is 5.55. The van der Waals surface area contributed by atoms with Crippen LogP contribution < -0.4 is 0 Å². The Labute approximate surface area is 151 Å². The molecule has 0 aromatic carbocycles. The second kappa shape index (κ2) is 7.41. The maximum absolute atomic E-state index is 5.55. The highest BCUT2D eigenvalue weighted by Gasteiger charge is 2.32. The summed E-state index contributed by atoms with van der Waals surface area (Å²) in [6, 6.07) is 3.99. The maximum Gasteiger partial charge on any atom is 0.187 e. The van der Waals surface area contributed by atoms with E-state index in [4.69, 9.17) is 4.42 Å². The molecule has 0 unspecified atom stereocenters. The van der Waals surface area contributed by atoms with E-state index in [1.165, 1.54) is 5.69 Å². The predicted molar refractivity (Wildman–Crippen MR) is 96.3 cm³/mol. The monoisotopic (exact) mass is 355 g/mol. The van der Waals surface area contributed by atoms with Gasteiger partial charge in [-0.15, -0.1) is 0 Å². The molecule has 0 aliphatic carbocycles. The molecule has 3 aromatic rings. The highest BCUT2D eigenvalue weighted by molar-refractivity contribution is 7.99. The molecule has 1 N–H and O–H groups in total. The van der Waals surface area contributed by atoms with Crippen molar-refractivity contribution < 1.29 is 4.42 Å². The normalized spacial score (nSPS) is 17.6. The van der Waals surface area contributed by atoms with Crippen LogP contribution in [0.4, 0.5) is 0 Å². The van der Waals surface area contributed by atoms with Crippen molar-refractivity contribution in [1.82, 2.24) is 24.8 Å². The van der Waals surface area contributed by atoms with Crippen LogP contribution in [-0.2, 0) is 13.0 Å². The molecule has 0 bridgehead atoms. The van der Waals surface area contributed by atoms with Gasteiger partial charge in [-0.25, -0.2) is 15.0 Å². The molecule has 1 aliphatic rings. The van der Waals surface area contributed by atoms with Gasteiger partial charge in [-0.2, -0.15) is 0 Å². The molecule has 0 radical (unpaired) electrons. The lowest BCUT2D eigenvalue weighted by atomic mass is 9.97. The Hall–Kier alpha value is -2.12. The third-order valence-electron chi connectivity index (χ3n) is 4.36. The van der Waals surface area contributed by atoms with Crippen molar-refractivity contribution in [3.8, 4) is 0 Å². The number of hydrogen-bond acceptors (Lipinski definition) is 6. The van der Waals surface area contributed by atoms with Crippen molar-refractivity contribution >= 4 is 11.8 Å².